The molecule has 0 bridgehead atoms. The number of hydrogen-bond acceptors (Lipinski definition) is 3. The van der Waals surface area contributed by atoms with Crippen molar-refractivity contribution in [3.63, 3.8) is 0 Å². The van der Waals surface area contributed by atoms with Crippen molar-refractivity contribution in [2.24, 2.45) is 0 Å². The molecule has 0 aliphatic heterocycles. The highest BCUT2D eigenvalue weighted by atomic mass is 16.5. The lowest BCUT2D eigenvalue weighted by Crippen LogP contribution is -2.38. The van der Waals surface area contributed by atoms with Crippen molar-refractivity contribution in [2.45, 2.75) is 38.8 Å². The predicted molar refractivity (Wildman–Crippen MR) is 93.5 cm³/mol. The molecule has 1 N–H and O–H groups in total. The predicted octanol–water partition coefficient (Wildman–Crippen LogP) is 3.98. The van der Waals surface area contributed by atoms with Gasteiger partial charge < -0.3 is 10.1 Å². The minimum absolute atomic E-state index is 0.0276. The molecule has 2 atom stereocenters. The fraction of sp³-hybridized carbons (Fsp3) is 0.300. The summed E-state index contributed by atoms with van der Waals surface area (Å²) in [4.78, 5) is 12.5. The van der Waals surface area contributed by atoms with Gasteiger partial charge in [0.15, 0.2) is 6.10 Å². The van der Waals surface area contributed by atoms with Crippen LogP contribution in [0.15, 0.2) is 54.6 Å². The molecule has 24 heavy (non-hydrogen) atoms. The number of rotatable bonds is 7. The van der Waals surface area contributed by atoms with Crippen molar-refractivity contribution in [2.75, 3.05) is 0 Å². The first kappa shape index (κ1) is 17.6. The Morgan fingerprint density at radius 3 is 2.62 bits per heavy atom. The summed E-state index contributed by atoms with van der Waals surface area (Å²) in [5.74, 6) is 0.350. The third-order valence-electron chi connectivity index (χ3n) is 3.74. The maximum Gasteiger partial charge on any atom is 0.261 e. The van der Waals surface area contributed by atoms with Crippen LogP contribution in [0.1, 0.15) is 43.9 Å². The summed E-state index contributed by atoms with van der Waals surface area (Å²) >= 11 is 0. The normalized spacial score (nSPS) is 12.7. The van der Waals surface area contributed by atoms with Gasteiger partial charge in [0, 0.05) is 0 Å². The fourth-order valence-corrected chi connectivity index (χ4v) is 2.48. The Morgan fingerprint density at radius 2 is 1.96 bits per heavy atom. The second-order valence-electron chi connectivity index (χ2n) is 5.66. The third-order valence-corrected chi connectivity index (χ3v) is 3.74. The first-order chi connectivity index (χ1) is 11.6. The number of carbonyl (C=O) groups excluding carboxylic acids is 1. The molecule has 0 heterocycles. The Morgan fingerprint density at radius 1 is 1.21 bits per heavy atom. The van der Waals surface area contributed by atoms with Crippen molar-refractivity contribution >= 4 is 5.91 Å². The lowest BCUT2D eigenvalue weighted by molar-refractivity contribution is -0.128. The molecule has 0 saturated heterocycles. The summed E-state index contributed by atoms with van der Waals surface area (Å²) in [6.45, 7) is 3.80. The number of ether oxygens (including phenoxy) is 1. The summed E-state index contributed by atoms with van der Waals surface area (Å²) in [7, 11) is 0. The molecule has 4 nitrogen and oxygen atoms in total. The van der Waals surface area contributed by atoms with Crippen LogP contribution in [0, 0.1) is 11.3 Å². The van der Waals surface area contributed by atoms with E-state index in [4.69, 9.17) is 10.00 Å². The summed E-state index contributed by atoms with van der Waals surface area (Å²) in [6, 6.07) is 18.8. The minimum atomic E-state index is -0.637. The van der Waals surface area contributed by atoms with Crippen LogP contribution in [0.4, 0.5) is 0 Å². The van der Waals surface area contributed by atoms with Crippen molar-refractivity contribution in [3.05, 3.63) is 65.7 Å². The molecule has 0 spiro atoms. The lowest BCUT2D eigenvalue weighted by atomic mass is 10.0. The molecule has 4 heteroatoms. The number of nitriles is 1. The Kier molecular flexibility index (Phi) is 6.39. The smallest absolute Gasteiger partial charge is 0.261 e. The Hall–Kier alpha value is -2.80. The van der Waals surface area contributed by atoms with E-state index in [1.54, 1.807) is 31.2 Å². The van der Waals surface area contributed by atoms with Gasteiger partial charge in [0.1, 0.15) is 5.75 Å². The molecule has 0 fully saturated rings. The number of amides is 1. The van der Waals surface area contributed by atoms with Gasteiger partial charge in [-0.2, -0.15) is 5.26 Å². The van der Waals surface area contributed by atoms with E-state index >= 15 is 0 Å². The molecule has 2 aromatic carbocycles. The highest BCUT2D eigenvalue weighted by molar-refractivity contribution is 5.81. The van der Waals surface area contributed by atoms with Gasteiger partial charge in [0.05, 0.1) is 17.7 Å². The number of nitrogens with one attached hydrogen (secondary N) is 1. The zero-order valence-electron chi connectivity index (χ0n) is 14.0. The maximum absolute atomic E-state index is 12.5. The summed E-state index contributed by atoms with van der Waals surface area (Å²) < 4.78 is 5.67. The molecule has 0 saturated carbocycles. The molecule has 2 aromatic rings. The Balaban J connectivity index is 2.02. The molecule has 0 unspecified atom stereocenters. The molecular formula is C20H22N2O2. The molecular weight excluding hydrogens is 300 g/mol. The van der Waals surface area contributed by atoms with Crippen LogP contribution >= 0.6 is 0 Å². The summed E-state index contributed by atoms with van der Waals surface area (Å²) in [6.07, 6.45) is 1.20. The first-order valence-corrected chi connectivity index (χ1v) is 8.16. The van der Waals surface area contributed by atoms with Crippen LogP contribution in [-0.2, 0) is 4.79 Å². The van der Waals surface area contributed by atoms with Gasteiger partial charge in [-0.15, -0.1) is 0 Å². The van der Waals surface area contributed by atoms with E-state index < -0.39 is 6.10 Å². The standard InChI is InChI=1S/C20H22N2O2/c1-3-8-19(17-10-5-4-6-11-17)22-20(23)15(2)24-18-12-7-9-16(13-18)14-21/h4-7,9-13,15,19H,3,8H2,1-2H3,(H,22,23)/t15-,19-/m0/s1. The van der Waals surface area contributed by atoms with Crippen LogP contribution < -0.4 is 10.1 Å². The Labute approximate surface area is 143 Å². The van der Waals surface area contributed by atoms with Gasteiger partial charge in [0.2, 0.25) is 0 Å². The number of nitrogens with zero attached hydrogens (tertiary/aromatic N) is 1. The van der Waals surface area contributed by atoms with Crippen molar-refractivity contribution in [1.29, 1.82) is 5.26 Å². The van der Waals surface area contributed by atoms with Gasteiger partial charge >= 0.3 is 0 Å². The van der Waals surface area contributed by atoms with Crippen LogP contribution in [-0.4, -0.2) is 12.0 Å². The monoisotopic (exact) mass is 322 g/mol. The van der Waals surface area contributed by atoms with Gasteiger partial charge in [-0.25, -0.2) is 0 Å². The molecule has 0 aliphatic carbocycles. The largest absolute Gasteiger partial charge is 0.481 e. The van der Waals surface area contributed by atoms with Crippen LogP contribution in [0.5, 0.6) is 5.75 Å². The van der Waals surface area contributed by atoms with Crippen LogP contribution in [0.25, 0.3) is 0 Å². The van der Waals surface area contributed by atoms with Gasteiger partial charge in [-0.05, 0) is 37.1 Å². The van der Waals surface area contributed by atoms with E-state index in [1.165, 1.54) is 0 Å². The lowest BCUT2D eigenvalue weighted by Gasteiger charge is -2.22. The highest BCUT2D eigenvalue weighted by Gasteiger charge is 2.19. The van der Waals surface area contributed by atoms with E-state index in [0.29, 0.717) is 11.3 Å². The molecule has 2 rings (SSSR count). The van der Waals surface area contributed by atoms with E-state index in [2.05, 4.69) is 18.3 Å². The highest BCUT2D eigenvalue weighted by Crippen LogP contribution is 2.19. The zero-order valence-corrected chi connectivity index (χ0v) is 14.0. The molecule has 124 valence electrons. The molecule has 0 radical (unpaired) electrons. The van der Waals surface area contributed by atoms with Crippen molar-refractivity contribution in [1.82, 2.24) is 5.32 Å². The van der Waals surface area contributed by atoms with Gasteiger partial charge in [-0.3, -0.25) is 4.79 Å². The number of hydrogen-bond donors (Lipinski definition) is 1. The van der Waals surface area contributed by atoms with Crippen LogP contribution in [0.2, 0.25) is 0 Å². The number of carbonyl (C=O) groups is 1. The fourth-order valence-electron chi connectivity index (χ4n) is 2.48. The first-order valence-electron chi connectivity index (χ1n) is 8.16. The van der Waals surface area contributed by atoms with Crippen molar-refractivity contribution in [3.8, 4) is 11.8 Å². The number of benzene rings is 2. The zero-order chi connectivity index (χ0) is 17.4. The third kappa shape index (κ3) is 4.85. The molecule has 0 aromatic heterocycles. The average molecular weight is 322 g/mol. The topological polar surface area (TPSA) is 62.1 Å². The van der Waals surface area contributed by atoms with E-state index in [0.717, 1.165) is 18.4 Å². The van der Waals surface area contributed by atoms with Gasteiger partial charge in [0.25, 0.3) is 5.91 Å². The summed E-state index contributed by atoms with van der Waals surface area (Å²) in [5, 5.41) is 12.0. The Bertz CT molecular complexity index is 707. The quantitative estimate of drug-likeness (QED) is 0.838. The molecule has 0 aliphatic rings. The maximum atomic E-state index is 12.5. The van der Waals surface area contributed by atoms with E-state index in [-0.39, 0.29) is 11.9 Å². The van der Waals surface area contributed by atoms with Gasteiger partial charge in [-0.1, -0.05) is 49.7 Å². The van der Waals surface area contributed by atoms with E-state index in [1.807, 2.05) is 30.3 Å². The molecule has 1 amide bonds. The van der Waals surface area contributed by atoms with E-state index in [9.17, 15) is 4.79 Å². The minimum Gasteiger partial charge on any atom is -0.481 e. The van der Waals surface area contributed by atoms with Crippen molar-refractivity contribution < 1.29 is 9.53 Å². The second-order valence-corrected chi connectivity index (χ2v) is 5.66. The summed E-state index contributed by atoms with van der Waals surface area (Å²) in [5.41, 5.74) is 1.60. The SMILES string of the molecule is CCC[C@H](NC(=O)[C@H](C)Oc1cccc(C#N)c1)c1ccccc1. The van der Waals surface area contributed by atoms with Crippen LogP contribution in [0.3, 0.4) is 0 Å². The average Bonchev–Trinajstić information content (AvgIpc) is 2.62. The second kappa shape index (κ2) is 8.73.